The predicted molar refractivity (Wildman–Crippen MR) is 90.9 cm³/mol. The molecule has 0 fully saturated rings. The maximum Gasteiger partial charge on any atom is 0.413 e. The summed E-state index contributed by atoms with van der Waals surface area (Å²) in [5, 5.41) is 16.2. The first-order chi connectivity index (χ1) is 12.0. The maximum absolute atomic E-state index is 11.4. The lowest BCUT2D eigenvalue weighted by atomic mass is 10.2. The van der Waals surface area contributed by atoms with Gasteiger partial charge in [-0.1, -0.05) is 0 Å². The second-order valence-electron chi connectivity index (χ2n) is 4.95. The van der Waals surface area contributed by atoms with Gasteiger partial charge >= 0.3 is 6.09 Å². The van der Waals surface area contributed by atoms with E-state index in [1.54, 1.807) is 31.3 Å². The van der Waals surface area contributed by atoms with Gasteiger partial charge in [0.1, 0.15) is 5.52 Å². The molecule has 1 aromatic carbocycles. The second-order valence-corrected chi connectivity index (χ2v) is 4.95. The van der Waals surface area contributed by atoms with Crippen molar-refractivity contribution in [3.8, 4) is 0 Å². The number of nitro groups is 1. The van der Waals surface area contributed by atoms with Crippen molar-refractivity contribution < 1.29 is 14.5 Å². The molecule has 2 heterocycles. The van der Waals surface area contributed by atoms with Gasteiger partial charge in [-0.3, -0.25) is 15.4 Å². The zero-order chi connectivity index (χ0) is 17.8. The number of aromatic amines is 1. The summed E-state index contributed by atoms with van der Waals surface area (Å²) >= 11 is 0. The van der Waals surface area contributed by atoms with E-state index in [4.69, 9.17) is 4.74 Å². The Hall–Kier alpha value is -3.69. The third-order valence-electron chi connectivity index (χ3n) is 3.20. The molecule has 0 aliphatic heterocycles. The first-order valence-corrected chi connectivity index (χ1v) is 7.36. The molecule has 0 saturated carbocycles. The van der Waals surface area contributed by atoms with Crippen molar-refractivity contribution in [1.29, 1.82) is 0 Å². The number of carbonyl (C=O) groups is 1. The highest BCUT2D eigenvalue weighted by atomic mass is 16.6. The number of H-pyrrole nitrogens is 1. The fourth-order valence-corrected chi connectivity index (χ4v) is 2.12. The SMILES string of the molecule is CCOC(=O)Nc1nc2cc(Nc3ccc([N+](=O)[O-])cc3)cnc2[nH]1. The molecule has 3 N–H and O–H groups in total. The fourth-order valence-electron chi connectivity index (χ4n) is 2.12. The fraction of sp³-hybridized carbons (Fsp3) is 0.133. The van der Waals surface area contributed by atoms with E-state index in [2.05, 4.69) is 25.6 Å². The van der Waals surface area contributed by atoms with Crippen LogP contribution in [0, 0.1) is 10.1 Å². The number of rotatable bonds is 5. The van der Waals surface area contributed by atoms with E-state index >= 15 is 0 Å². The highest BCUT2D eigenvalue weighted by Gasteiger charge is 2.09. The molecule has 3 rings (SSSR count). The summed E-state index contributed by atoms with van der Waals surface area (Å²) in [4.78, 5) is 32.9. The molecule has 0 bridgehead atoms. The van der Waals surface area contributed by atoms with Crippen molar-refractivity contribution in [3.63, 3.8) is 0 Å². The molecule has 0 spiro atoms. The Balaban J connectivity index is 1.76. The predicted octanol–water partition coefficient (Wildman–Crippen LogP) is 3.18. The topological polar surface area (TPSA) is 135 Å². The molecule has 0 unspecified atom stereocenters. The van der Waals surface area contributed by atoms with Gasteiger partial charge in [-0.2, -0.15) is 0 Å². The Morgan fingerprint density at radius 2 is 2.08 bits per heavy atom. The number of imidazole rings is 1. The van der Waals surface area contributed by atoms with E-state index in [-0.39, 0.29) is 18.2 Å². The van der Waals surface area contributed by atoms with E-state index < -0.39 is 11.0 Å². The number of anilines is 3. The molecule has 1 amide bonds. The van der Waals surface area contributed by atoms with Crippen molar-refractivity contribution in [2.24, 2.45) is 0 Å². The monoisotopic (exact) mass is 342 g/mol. The van der Waals surface area contributed by atoms with Crippen LogP contribution in [-0.4, -0.2) is 32.6 Å². The molecule has 0 atom stereocenters. The highest BCUT2D eigenvalue weighted by Crippen LogP contribution is 2.22. The Morgan fingerprint density at radius 1 is 1.32 bits per heavy atom. The molecule has 2 aromatic heterocycles. The Labute approximate surface area is 141 Å². The van der Waals surface area contributed by atoms with E-state index in [0.717, 1.165) is 0 Å². The normalized spacial score (nSPS) is 10.4. The maximum atomic E-state index is 11.4. The molecular formula is C15H14N6O4. The largest absolute Gasteiger partial charge is 0.450 e. The Bertz CT molecular complexity index is 921. The van der Waals surface area contributed by atoms with Crippen molar-refractivity contribution in [2.75, 3.05) is 17.2 Å². The zero-order valence-electron chi connectivity index (χ0n) is 13.1. The molecule has 0 radical (unpaired) electrons. The standard InChI is InChI=1S/C15H14N6O4/c1-2-25-15(22)20-14-18-12-7-10(8-16-13(12)19-14)17-9-3-5-11(6-4-9)21(23)24/h3-8,17H,2H2,1H3,(H2,16,18,19,20,22). The first-order valence-electron chi connectivity index (χ1n) is 7.36. The van der Waals surface area contributed by atoms with E-state index in [0.29, 0.717) is 22.5 Å². The number of nitro benzene ring substituents is 1. The van der Waals surface area contributed by atoms with Gasteiger partial charge in [0.25, 0.3) is 5.69 Å². The number of fused-ring (bicyclic) bond motifs is 1. The number of aromatic nitrogens is 3. The van der Waals surface area contributed by atoms with Crippen LogP contribution in [0.25, 0.3) is 11.2 Å². The van der Waals surface area contributed by atoms with Crippen LogP contribution >= 0.6 is 0 Å². The van der Waals surface area contributed by atoms with Crippen LogP contribution in [0.4, 0.5) is 27.8 Å². The average Bonchev–Trinajstić information content (AvgIpc) is 2.97. The molecule has 0 saturated heterocycles. The minimum Gasteiger partial charge on any atom is -0.450 e. The van der Waals surface area contributed by atoms with Crippen LogP contribution in [0.2, 0.25) is 0 Å². The van der Waals surface area contributed by atoms with Crippen molar-refractivity contribution in [1.82, 2.24) is 15.0 Å². The minimum atomic E-state index is -0.606. The average molecular weight is 342 g/mol. The van der Waals surface area contributed by atoms with Gasteiger partial charge in [-0.05, 0) is 25.1 Å². The molecule has 128 valence electrons. The number of non-ortho nitro benzene ring substituents is 1. The summed E-state index contributed by atoms with van der Waals surface area (Å²) in [7, 11) is 0. The van der Waals surface area contributed by atoms with Crippen molar-refractivity contribution >= 4 is 40.3 Å². The van der Waals surface area contributed by atoms with Crippen molar-refractivity contribution in [2.45, 2.75) is 6.92 Å². The number of benzene rings is 1. The van der Waals surface area contributed by atoms with Gasteiger partial charge in [-0.25, -0.2) is 14.8 Å². The molecule has 10 nitrogen and oxygen atoms in total. The summed E-state index contributed by atoms with van der Waals surface area (Å²) in [5.41, 5.74) is 2.38. The Kier molecular flexibility index (Phi) is 4.42. The second kappa shape index (κ2) is 6.83. The van der Waals surface area contributed by atoms with Crippen LogP contribution in [0.15, 0.2) is 36.5 Å². The zero-order valence-corrected chi connectivity index (χ0v) is 13.1. The minimum absolute atomic E-state index is 0.0149. The van der Waals surface area contributed by atoms with Crippen LogP contribution in [0.3, 0.4) is 0 Å². The first kappa shape index (κ1) is 16.2. The summed E-state index contributed by atoms with van der Waals surface area (Å²) < 4.78 is 4.78. The molecule has 0 aliphatic rings. The quantitative estimate of drug-likeness (QED) is 0.478. The summed E-state index contributed by atoms with van der Waals surface area (Å²) in [5.74, 6) is 0.230. The lowest BCUT2D eigenvalue weighted by molar-refractivity contribution is -0.384. The van der Waals surface area contributed by atoms with Crippen molar-refractivity contribution in [3.05, 3.63) is 46.6 Å². The number of hydrogen-bond donors (Lipinski definition) is 3. The summed E-state index contributed by atoms with van der Waals surface area (Å²) in [6.45, 7) is 1.96. The third kappa shape index (κ3) is 3.80. The summed E-state index contributed by atoms with van der Waals surface area (Å²) in [6, 6.07) is 7.74. The number of nitrogens with zero attached hydrogens (tertiary/aromatic N) is 3. The molecular weight excluding hydrogens is 328 g/mol. The highest BCUT2D eigenvalue weighted by molar-refractivity contribution is 5.86. The van der Waals surface area contributed by atoms with Gasteiger partial charge in [0, 0.05) is 17.8 Å². The van der Waals surface area contributed by atoms with Crippen LogP contribution < -0.4 is 10.6 Å². The number of ether oxygens (including phenoxy) is 1. The number of carbonyl (C=O) groups excluding carboxylic acids is 1. The molecule has 10 heteroatoms. The molecule has 0 aliphatic carbocycles. The van der Waals surface area contributed by atoms with Gasteiger partial charge in [0.05, 0.1) is 23.4 Å². The Morgan fingerprint density at radius 3 is 2.76 bits per heavy atom. The number of nitrogens with one attached hydrogen (secondary N) is 3. The van der Waals surface area contributed by atoms with E-state index in [1.165, 1.54) is 12.1 Å². The lowest BCUT2D eigenvalue weighted by Gasteiger charge is -2.05. The van der Waals surface area contributed by atoms with Gasteiger partial charge in [0.15, 0.2) is 5.65 Å². The van der Waals surface area contributed by atoms with Crippen LogP contribution in [0.1, 0.15) is 6.92 Å². The lowest BCUT2D eigenvalue weighted by Crippen LogP contribution is -2.14. The number of pyridine rings is 1. The van der Waals surface area contributed by atoms with E-state index in [1.807, 2.05) is 0 Å². The van der Waals surface area contributed by atoms with Gasteiger partial charge in [0.2, 0.25) is 5.95 Å². The van der Waals surface area contributed by atoms with Crippen LogP contribution in [-0.2, 0) is 4.74 Å². The van der Waals surface area contributed by atoms with Crippen LogP contribution in [0.5, 0.6) is 0 Å². The summed E-state index contributed by atoms with van der Waals surface area (Å²) in [6.07, 6.45) is 0.974. The number of amides is 1. The van der Waals surface area contributed by atoms with E-state index in [9.17, 15) is 14.9 Å². The van der Waals surface area contributed by atoms with Gasteiger partial charge < -0.3 is 15.0 Å². The molecule has 3 aromatic rings. The number of hydrogen-bond acceptors (Lipinski definition) is 7. The molecule has 25 heavy (non-hydrogen) atoms. The smallest absolute Gasteiger partial charge is 0.413 e. The van der Waals surface area contributed by atoms with Gasteiger partial charge in [-0.15, -0.1) is 0 Å². The third-order valence-corrected chi connectivity index (χ3v) is 3.20.